The van der Waals surface area contributed by atoms with E-state index in [0.29, 0.717) is 6.54 Å². The highest BCUT2D eigenvalue weighted by Gasteiger charge is 2.37. The summed E-state index contributed by atoms with van der Waals surface area (Å²) in [6, 6.07) is 7.88. The van der Waals surface area contributed by atoms with Crippen LogP contribution in [0.25, 0.3) is 0 Å². The fourth-order valence-corrected chi connectivity index (χ4v) is 2.43. The second kappa shape index (κ2) is 3.85. The zero-order chi connectivity index (χ0) is 11.8. The van der Waals surface area contributed by atoms with Crippen molar-refractivity contribution in [1.82, 2.24) is 0 Å². The van der Waals surface area contributed by atoms with Gasteiger partial charge in [-0.3, -0.25) is 0 Å². The van der Waals surface area contributed by atoms with E-state index >= 15 is 0 Å². The highest BCUT2D eigenvalue weighted by Crippen LogP contribution is 2.43. The largest absolute Gasteiger partial charge is 0.330 e. The molecule has 1 aliphatic carbocycles. The van der Waals surface area contributed by atoms with Crippen molar-refractivity contribution >= 4 is 0 Å². The molecule has 1 nitrogen and oxygen atoms in total. The Bertz CT molecular complexity index is 352. The van der Waals surface area contributed by atoms with E-state index in [1.165, 1.54) is 24.8 Å². The Balaban J connectivity index is 2.26. The van der Waals surface area contributed by atoms with Gasteiger partial charge >= 0.3 is 0 Å². The number of halogens is 1. The molecule has 1 saturated carbocycles. The van der Waals surface area contributed by atoms with Gasteiger partial charge in [-0.25, -0.2) is 4.39 Å². The Morgan fingerprint density at radius 3 is 2.12 bits per heavy atom. The molecule has 16 heavy (non-hydrogen) atoms. The highest BCUT2D eigenvalue weighted by molar-refractivity contribution is 5.33. The van der Waals surface area contributed by atoms with Gasteiger partial charge in [0.15, 0.2) is 0 Å². The third-order valence-electron chi connectivity index (χ3n) is 3.89. The zero-order valence-corrected chi connectivity index (χ0v) is 10.1. The first kappa shape index (κ1) is 11.6. The van der Waals surface area contributed by atoms with Gasteiger partial charge in [-0.1, -0.05) is 30.7 Å². The predicted molar refractivity (Wildman–Crippen MR) is 65.2 cm³/mol. The second-order valence-corrected chi connectivity index (χ2v) is 5.39. The first-order valence-corrected chi connectivity index (χ1v) is 5.98. The van der Waals surface area contributed by atoms with E-state index in [-0.39, 0.29) is 5.41 Å². The van der Waals surface area contributed by atoms with Crippen molar-refractivity contribution in [3.63, 3.8) is 0 Å². The van der Waals surface area contributed by atoms with Crippen LogP contribution in [0.3, 0.4) is 0 Å². The molecule has 88 valence electrons. The molecular formula is C14H20FN. The SMILES string of the molecule is CC(C)(F)c1ccc(C2(CN)CCC2)cc1. The van der Waals surface area contributed by atoms with E-state index < -0.39 is 5.67 Å². The van der Waals surface area contributed by atoms with Gasteiger partial charge in [0.25, 0.3) is 0 Å². The number of rotatable bonds is 3. The lowest BCUT2D eigenvalue weighted by molar-refractivity contribution is 0.220. The average molecular weight is 221 g/mol. The van der Waals surface area contributed by atoms with Crippen LogP contribution in [0, 0.1) is 0 Å². The number of hydrogen-bond donors (Lipinski definition) is 1. The molecule has 1 aromatic carbocycles. The van der Waals surface area contributed by atoms with Crippen LogP contribution in [0.5, 0.6) is 0 Å². The first-order valence-electron chi connectivity index (χ1n) is 5.98. The summed E-state index contributed by atoms with van der Waals surface area (Å²) in [5, 5.41) is 0. The fourth-order valence-electron chi connectivity index (χ4n) is 2.43. The van der Waals surface area contributed by atoms with E-state index in [1.54, 1.807) is 13.8 Å². The van der Waals surface area contributed by atoms with Gasteiger partial charge in [0.05, 0.1) is 0 Å². The molecule has 0 amide bonds. The van der Waals surface area contributed by atoms with Gasteiger partial charge in [0.2, 0.25) is 0 Å². The summed E-state index contributed by atoms with van der Waals surface area (Å²) in [6.45, 7) is 3.87. The maximum Gasteiger partial charge on any atom is 0.130 e. The first-order chi connectivity index (χ1) is 7.48. The number of hydrogen-bond acceptors (Lipinski definition) is 1. The Kier molecular flexibility index (Phi) is 2.79. The molecule has 0 aliphatic heterocycles. The van der Waals surface area contributed by atoms with E-state index in [4.69, 9.17) is 5.73 Å². The van der Waals surface area contributed by atoms with E-state index in [0.717, 1.165) is 5.56 Å². The maximum atomic E-state index is 13.7. The Morgan fingerprint density at radius 2 is 1.81 bits per heavy atom. The van der Waals surface area contributed by atoms with Gasteiger partial charge in [-0.05, 0) is 37.8 Å². The lowest BCUT2D eigenvalue weighted by Gasteiger charge is -2.41. The standard InChI is InChI=1S/C14H20FN/c1-13(2,15)11-4-6-12(7-5-11)14(10-16)8-3-9-14/h4-7H,3,8-10,16H2,1-2H3. The van der Waals surface area contributed by atoms with Crippen LogP contribution in [0.4, 0.5) is 4.39 Å². The molecule has 2 heteroatoms. The molecule has 0 atom stereocenters. The summed E-state index contributed by atoms with van der Waals surface area (Å²) in [5.74, 6) is 0. The minimum Gasteiger partial charge on any atom is -0.330 e. The minimum absolute atomic E-state index is 0.180. The lowest BCUT2D eigenvalue weighted by Crippen LogP contribution is -2.41. The highest BCUT2D eigenvalue weighted by atomic mass is 19.1. The van der Waals surface area contributed by atoms with Gasteiger partial charge in [0.1, 0.15) is 5.67 Å². The molecule has 0 bridgehead atoms. The van der Waals surface area contributed by atoms with Crippen LogP contribution in [0.15, 0.2) is 24.3 Å². The van der Waals surface area contributed by atoms with Crippen molar-refractivity contribution in [2.75, 3.05) is 6.54 Å². The average Bonchev–Trinajstić information content (AvgIpc) is 2.16. The van der Waals surface area contributed by atoms with Crippen molar-refractivity contribution in [3.8, 4) is 0 Å². The van der Waals surface area contributed by atoms with E-state index in [2.05, 4.69) is 0 Å². The van der Waals surface area contributed by atoms with Gasteiger partial charge in [-0.2, -0.15) is 0 Å². The van der Waals surface area contributed by atoms with Crippen LogP contribution < -0.4 is 5.73 Å². The van der Waals surface area contributed by atoms with Crippen molar-refractivity contribution in [1.29, 1.82) is 0 Å². The monoisotopic (exact) mass is 221 g/mol. The molecule has 2 rings (SSSR count). The van der Waals surface area contributed by atoms with E-state index in [1.807, 2.05) is 24.3 Å². The molecule has 1 aliphatic rings. The third-order valence-corrected chi connectivity index (χ3v) is 3.89. The normalized spacial score (nSPS) is 19.2. The summed E-state index contributed by atoms with van der Waals surface area (Å²) >= 11 is 0. The van der Waals surface area contributed by atoms with Crippen LogP contribution >= 0.6 is 0 Å². The number of nitrogens with two attached hydrogens (primary N) is 1. The summed E-state index contributed by atoms with van der Waals surface area (Å²) in [7, 11) is 0. The molecule has 0 heterocycles. The summed E-state index contributed by atoms with van der Waals surface area (Å²) in [6.07, 6.45) is 3.59. The second-order valence-electron chi connectivity index (χ2n) is 5.39. The van der Waals surface area contributed by atoms with Crippen LogP contribution in [0.1, 0.15) is 44.2 Å². The fraction of sp³-hybridized carbons (Fsp3) is 0.571. The topological polar surface area (TPSA) is 26.0 Å². The summed E-state index contributed by atoms with van der Waals surface area (Å²) < 4.78 is 13.7. The van der Waals surface area contributed by atoms with Gasteiger partial charge < -0.3 is 5.73 Å². The molecule has 0 spiro atoms. The Labute approximate surface area is 96.9 Å². The van der Waals surface area contributed by atoms with Crippen molar-refractivity contribution in [2.45, 2.75) is 44.2 Å². The quantitative estimate of drug-likeness (QED) is 0.833. The number of benzene rings is 1. The smallest absolute Gasteiger partial charge is 0.130 e. The number of alkyl halides is 1. The summed E-state index contributed by atoms with van der Waals surface area (Å²) in [5.41, 5.74) is 6.79. The molecule has 1 fully saturated rings. The zero-order valence-electron chi connectivity index (χ0n) is 10.1. The molecule has 0 unspecified atom stereocenters. The van der Waals surface area contributed by atoms with Gasteiger partial charge in [-0.15, -0.1) is 0 Å². The van der Waals surface area contributed by atoms with E-state index in [9.17, 15) is 4.39 Å². The van der Waals surface area contributed by atoms with Crippen molar-refractivity contribution in [2.24, 2.45) is 5.73 Å². The van der Waals surface area contributed by atoms with Crippen molar-refractivity contribution < 1.29 is 4.39 Å². The third kappa shape index (κ3) is 1.86. The van der Waals surface area contributed by atoms with Crippen LogP contribution in [-0.4, -0.2) is 6.54 Å². The van der Waals surface area contributed by atoms with Crippen molar-refractivity contribution in [3.05, 3.63) is 35.4 Å². The molecular weight excluding hydrogens is 201 g/mol. The minimum atomic E-state index is -1.26. The Hall–Kier alpha value is -0.890. The van der Waals surface area contributed by atoms with Crippen LogP contribution in [-0.2, 0) is 11.1 Å². The van der Waals surface area contributed by atoms with Gasteiger partial charge in [0, 0.05) is 12.0 Å². The molecule has 2 N–H and O–H groups in total. The maximum absolute atomic E-state index is 13.7. The lowest BCUT2D eigenvalue weighted by atomic mass is 9.64. The Morgan fingerprint density at radius 1 is 1.25 bits per heavy atom. The molecule has 0 radical (unpaired) electrons. The summed E-state index contributed by atoms with van der Waals surface area (Å²) in [4.78, 5) is 0. The predicted octanol–water partition coefficient (Wildman–Crippen LogP) is 3.27. The molecule has 1 aromatic rings. The van der Waals surface area contributed by atoms with Crippen LogP contribution in [0.2, 0.25) is 0 Å². The molecule has 0 saturated heterocycles. The molecule has 0 aromatic heterocycles.